The van der Waals surface area contributed by atoms with E-state index in [-0.39, 0.29) is 19.8 Å². The van der Waals surface area contributed by atoms with Crippen LogP contribution in [0.3, 0.4) is 0 Å². The predicted octanol–water partition coefficient (Wildman–Crippen LogP) is 7.93. The van der Waals surface area contributed by atoms with Crippen LogP contribution in [0.1, 0.15) is 135 Å². The normalized spacial score (nSPS) is 11.7. The van der Waals surface area contributed by atoms with Crippen molar-refractivity contribution in [1.29, 1.82) is 0 Å². The van der Waals surface area contributed by atoms with Crippen LogP contribution in [0.2, 0.25) is 0 Å². The summed E-state index contributed by atoms with van der Waals surface area (Å²) in [5.74, 6) is -0.403. The van der Waals surface area contributed by atoms with Gasteiger partial charge in [0.05, 0.1) is 5.38 Å². The van der Waals surface area contributed by atoms with Gasteiger partial charge in [0.15, 0.2) is 6.20 Å². The molecule has 3 amide bonds. The summed E-state index contributed by atoms with van der Waals surface area (Å²) in [4.78, 5) is 37.9. The Kier molecular flexibility index (Phi) is 23.7. The number of imide groups is 1. The highest BCUT2D eigenvalue weighted by molar-refractivity contribution is 7.09. The molecule has 0 spiro atoms. The highest BCUT2D eigenvalue weighted by atomic mass is 32.1. The summed E-state index contributed by atoms with van der Waals surface area (Å²) < 4.78 is 17.9. The maximum absolute atomic E-state index is 12.6. The molecule has 1 rings (SSSR count). The quantitative estimate of drug-likeness (QED) is 0.0828. The maximum atomic E-state index is 12.6. The summed E-state index contributed by atoms with van der Waals surface area (Å²) in [6, 6.07) is 0. The smallest absolute Gasteiger partial charge is 0.417 e. The second-order valence-corrected chi connectivity index (χ2v) is 12.3. The molecule has 248 valence electrons. The molecule has 0 aliphatic heterocycles. The minimum Gasteiger partial charge on any atom is -0.447 e. The molecule has 0 aliphatic carbocycles. The zero-order valence-electron chi connectivity index (χ0n) is 27.5. The van der Waals surface area contributed by atoms with Gasteiger partial charge >= 0.3 is 12.2 Å². The molecule has 9 nitrogen and oxygen atoms in total. The molecule has 10 heteroatoms. The molecule has 43 heavy (non-hydrogen) atoms. The fourth-order valence-corrected chi connectivity index (χ4v) is 5.71. The van der Waals surface area contributed by atoms with Crippen molar-refractivity contribution in [1.82, 2.24) is 10.2 Å². The predicted molar refractivity (Wildman–Crippen MR) is 172 cm³/mol. The minimum atomic E-state index is -0.751. The number of amides is 3. The van der Waals surface area contributed by atoms with Gasteiger partial charge in [-0.15, -0.1) is 0 Å². The van der Waals surface area contributed by atoms with Gasteiger partial charge in [-0.2, -0.15) is 4.57 Å². The van der Waals surface area contributed by atoms with Crippen molar-refractivity contribution < 1.29 is 33.2 Å². The Morgan fingerprint density at radius 3 is 1.86 bits per heavy atom. The van der Waals surface area contributed by atoms with Crippen molar-refractivity contribution >= 4 is 29.4 Å². The minimum absolute atomic E-state index is 0.0595. The average Bonchev–Trinajstić information content (AvgIpc) is 3.44. The van der Waals surface area contributed by atoms with Gasteiger partial charge in [-0.05, 0) is 6.42 Å². The molecule has 1 aromatic rings. The van der Waals surface area contributed by atoms with Crippen molar-refractivity contribution in [2.45, 2.75) is 149 Å². The van der Waals surface area contributed by atoms with Gasteiger partial charge in [-0.3, -0.25) is 4.79 Å². The summed E-state index contributed by atoms with van der Waals surface area (Å²) in [5.41, 5.74) is 0. The Morgan fingerprint density at radius 1 is 0.814 bits per heavy atom. The number of alkyl carbamates (subject to hydrolysis) is 1. The molecule has 0 saturated heterocycles. The molecule has 0 radical (unpaired) electrons. The Balaban J connectivity index is 2.07. The van der Waals surface area contributed by atoms with E-state index < -0.39 is 24.2 Å². The molecule has 0 saturated carbocycles. The fourth-order valence-electron chi connectivity index (χ4n) is 4.85. The Hall–Kier alpha value is -2.20. The van der Waals surface area contributed by atoms with E-state index in [0.29, 0.717) is 6.54 Å². The van der Waals surface area contributed by atoms with Crippen LogP contribution in [-0.2, 0) is 32.1 Å². The number of ether oxygens (including phenoxy) is 3. The van der Waals surface area contributed by atoms with E-state index in [9.17, 15) is 14.4 Å². The number of nitrogens with one attached hydrogen (secondary N) is 1. The third-order valence-electron chi connectivity index (χ3n) is 7.55. The van der Waals surface area contributed by atoms with Gasteiger partial charge in [0.1, 0.15) is 32.4 Å². The molecule has 1 N–H and O–H groups in total. The van der Waals surface area contributed by atoms with E-state index in [2.05, 4.69) is 19.2 Å². The molecule has 0 bridgehead atoms. The van der Waals surface area contributed by atoms with E-state index in [4.69, 9.17) is 14.2 Å². The lowest BCUT2D eigenvalue weighted by Crippen LogP contribution is -2.42. The number of thiazole rings is 1. The molecule has 0 fully saturated rings. The first-order chi connectivity index (χ1) is 20.9. The van der Waals surface area contributed by atoms with E-state index in [1.165, 1.54) is 115 Å². The van der Waals surface area contributed by atoms with E-state index in [0.717, 1.165) is 35.7 Å². The van der Waals surface area contributed by atoms with Gasteiger partial charge in [0.25, 0.3) is 5.01 Å². The van der Waals surface area contributed by atoms with E-state index >= 15 is 0 Å². The first-order valence-corrected chi connectivity index (χ1v) is 17.6. The number of methoxy groups -OCH3 is 1. The number of carbonyl (C=O) groups is 3. The zero-order chi connectivity index (χ0) is 31.5. The monoisotopic (exact) mass is 626 g/mol. The standard InChI is InChI=1S/C33H59N3O6S/c1-5-7-8-9-10-11-12-13-14-15-16-17-18-19-20-21-22-34-32(38)41-27-30(40-4)28-42-33(39)36(29(3)37)26-31-35(23-6-2)24-25-43-31/h24-25,30H,5-23,26-28H2,1-4H3/p+1. The Bertz CT molecular complexity index is 865. The van der Waals surface area contributed by atoms with Crippen LogP contribution in [0.25, 0.3) is 0 Å². The summed E-state index contributed by atoms with van der Waals surface area (Å²) >= 11 is 1.48. The van der Waals surface area contributed by atoms with Crippen LogP contribution < -0.4 is 9.88 Å². The molecule has 1 heterocycles. The molecule has 1 atom stereocenters. The lowest BCUT2D eigenvalue weighted by Gasteiger charge is -2.20. The van der Waals surface area contributed by atoms with Gasteiger partial charge < -0.3 is 19.5 Å². The van der Waals surface area contributed by atoms with Gasteiger partial charge in [-0.25, -0.2) is 14.5 Å². The topological polar surface area (TPSA) is 98.0 Å². The fraction of sp³-hybridized carbons (Fsp3) is 0.818. The second-order valence-electron chi connectivity index (χ2n) is 11.4. The summed E-state index contributed by atoms with van der Waals surface area (Å²) in [6.07, 6.45) is 21.9. The maximum Gasteiger partial charge on any atom is 0.417 e. The van der Waals surface area contributed by atoms with Gasteiger partial charge in [-0.1, -0.05) is 121 Å². The molecular weight excluding hydrogens is 566 g/mol. The summed E-state index contributed by atoms with van der Waals surface area (Å²) in [6.45, 7) is 7.00. The number of rotatable bonds is 26. The first kappa shape index (κ1) is 38.8. The van der Waals surface area contributed by atoms with Crippen molar-refractivity contribution in [3.05, 3.63) is 16.6 Å². The van der Waals surface area contributed by atoms with Crippen molar-refractivity contribution in [3.63, 3.8) is 0 Å². The number of aryl methyl sites for hydroxylation is 1. The second kappa shape index (κ2) is 26.2. The lowest BCUT2D eigenvalue weighted by atomic mass is 10.0. The highest BCUT2D eigenvalue weighted by Gasteiger charge is 2.26. The van der Waals surface area contributed by atoms with Crippen LogP contribution >= 0.6 is 11.3 Å². The van der Waals surface area contributed by atoms with Crippen LogP contribution in [0, 0.1) is 0 Å². The molecule has 0 aliphatic rings. The Morgan fingerprint density at radius 2 is 1.35 bits per heavy atom. The number of hydrogen-bond donors (Lipinski definition) is 1. The molecule has 1 aromatic heterocycles. The third kappa shape index (κ3) is 19.6. The molecule has 1 unspecified atom stereocenters. The Labute approximate surface area is 265 Å². The van der Waals surface area contributed by atoms with Gasteiger partial charge in [0.2, 0.25) is 5.91 Å². The number of hydrogen-bond acceptors (Lipinski definition) is 7. The van der Waals surface area contributed by atoms with Crippen LogP contribution in [0.4, 0.5) is 9.59 Å². The SMILES string of the molecule is CCCCCCCCCCCCCCCCCCNC(=O)OCC(COC(=O)N(Cc1scc[n+]1CCC)C(C)=O)OC. The van der Waals surface area contributed by atoms with E-state index in [1.54, 1.807) is 0 Å². The number of unbranched alkanes of at least 4 members (excludes halogenated alkanes) is 15. The number of nitrogens with zero attached hydrogens (tertiary/aromatic N) is 2. The molecule has 0 aromatic carbocycles. The lowest BCUT2D eigenvalue weighted by molar-refractivity contribution is -0.699. The number of aromatic nitrogens is 1. The van der Waals surface area contributed by atoms with Crippen LogP contribution in [0.15, 0.2) is 11.6 Å². The zero-order valence-corrected chi connectivity index (χ0v) is 28.4. The largest absolute Gasteiger partial charge is 0.447 e. The first-order valence-electron chi connectivity index (χ1n) is 16.8. The van der Waals surface area contributed by atoms with Crippen LogP contribution in [0.5, 0.6) is 0 Å². The third-order valence-corrected chi connectivity index (χ3v) is 8.44. The summed E-state index contributed by atoms with van der Waals surface area (Å²) in [5, 5.41) is 5.59. The van der Waals surface area contributed by atoms with E-state index in [1.807, 2.05) is 16.1 Å². The van der Waals surface area contributed by atoms with Gasteiger partial charge in [0, 0.05) is 27.0 Å². The number of carbonyl (C=O) groups excluding carboxylic acids is 3. The average molecular weight is 627 g/mol. The highest BCUT2D eigenvalue weighted by Crippen LogP contribution is 2.14. The van der Waals surface area contributed by atoms with Crippen LogP contribution in [-0.4, -0.2) is 56.0 Å². The van der Waals surface area contributed by atoms with Crippen molar-refractivity contribution in [2.75, 3.05) is 26.9 Å². The molecular formula is C33H60N3O6S+. The van der Waals surface area contributed by atoms with Crippen molar-refractivity contribution in [3.8, 4) is 0 Å². The summed E-state index contributed by atoms with van der Waals surface area (Å²) in [7, 11) is 1.46. The van der Waals surface area contributed by atoms with Crippen molar-refractivity contribution in [2.24, 2.45) is 0 Å².